The van der Waals surface area contributed by atoms with Gasteiger partial charge >= 0.3 is 0 Å². The molecule has 1 fully saturated rings. The molecule has 2 aliphatic rings. The molecule has 4 atom stereocenters. The van der Waals surface area contributed by atoms with E-state index in [1.807, 2.05) is 0 Å². The number of nitrogens with zero attached hydrogens (tertiary/aromatic N) is 5. The molecule has 6 N–H and O–H groups in total. The van der Waals surface area contributed by atoms with Crippen LogP contribution in [0.5, 0.6) is 5.88 Å². The summed E-state index contributed by atoms with van der Waals surface area (Å²) in [4.78, 5) is 48.2. The highest BCUT2D eigenvalue weighted by molar-refractivity contribution is 6.13. The second kappa shape index (κ2) is 9.68. The number of nitrogens with one attached hydrogen (secondary N) is 1. The van der Waals surface area contributed by atoms with Gasteiger partial charge in [0.25, 0.3) is 11.8 Å². The van der Waals surface area contributed by atoms with Crippen LogP contribution in [0.25, 0.3) is 11.2 Å². The van der Waals surface area contributed by atoms with Crippen LogP contribution in [0.15, 0.2) is 18.5 Å². The number of hydrogen-bond acceptors (Lipinski definition) is 12. The minimum Gasteiger partial charge on any atom is -0.474 e. The number of ether oxygens (including phenoxy) is 2. The molecule has 3 amide bonds. The molecular formula is C19H23N7O8. The van der Waals surface area contributed by atoms with Gasteiger partial charge in [-0.05, 0) is 0 Å². The predicted octanol–water partition coefficient (Wildman–Crippen LogP) is -3.17. The van der Waals surface area contributed by atoms with Crippen molar-refractivity contribution in [1.82, 2.24) is 29.7 Å². The Labute approximate surface area is 191 Å². The molecule has 15 heteroatoms. The quantitative estimate of drug-likeness (QED) is 0.179. The molecule has 1 saturated heterocycles. The zero-order chi connectivity index (χ0) is 24.4. The number of nitrogens with two attached hydrogens (primary N) is 1. The first-order valence-corrected chi connectivity index (χ1v) is 10.4. The largest absolute Gasteiger partial charge is 0.474 e. The van der Waals surface area contributed by atoms with Gasteiger partial charge in [0.15, 0.2) is 17.4 Å². The number of amides is 3. The van der Waals surface area contributed by atoms with Crippen molar-refractivity contribution in [1.29, 1.82) is 0 Å². The number of carbonyl (C=O) groups excluding carboxylic acids is 3. The number of hydrogen-bond donors (Lipinski definition) is 5. The van der Waals surface area contributed by atoms with Crippen molar-refractivity contribution in [2.75, 3.05) is 32.0 Å². The molecule has 2 aromatic rings. The molecule has 4 heterocycles. The number of fused-ring (bicyclic) bond motifs is 1. The second-order valence-electron chi connectivity index (χ2n) is 7.55. The van der Waals surface area contributed by atoms with Crippen LogP contribution in [0.1, 0.15) is 12.6 Å². The summed E-state index contributed by atoms with van der Waals surface area (Å²) in [5, 5.41) is 32.2. The van der Waals surface area contributed by atoms with Crippen molar-refractivity contribution in [2.24, 2.45) is 0 Å². The molecule has 34 heavy (non-hydrogen) atoms. The Morgan fingerprint density at radius 3 is 2.62 bits per heavy atom. The SMILES string of the molecule is Nc1nc(OCCNC(=O)CCN2C(=O)C=CC2=O)c2ncn([C@@H]3O[C@H](CO)[C@@H](O)[C@H]3O)c2n1. The fraction of sp³-hybridized carbons (Fsp3) is 0.474. The summed E-state index contributed by atoms with van der Waals surface area (Å²) in [6.07, 6.45) is -1.14. The summed E-state index contributed by atoms with van der Waals surface area (Å²) in [6.45, 7) is -0.417. The van der Waals surface area contributed by atoms with Gasteiger partial charge in [0.1, 0.15) is 24.9 Å². The van der Waals surface area contributed by atoms with Crippen LogP contribution in [0, 0.1) is 0 Å². The van der Waals surface area contributed by atoms with Crippen LogP contribution >= 0.6 is 0 Å². The van der Waals surface area contributed by atoms with E-state index in [0.29, 0.717) is 0 Å². The Morgan fingerprint density at radius 1 is 1.21 bits per heavy atom. The Kier molecular flexibility index (Phi) is 6.69. The minimum atomic E-state index is -1.34. The van der Waals surface area contributed by atoms with Crippen molar-refractivity contribution >= 4 is 34.8 Å². The van der Waals surface area contributed by atoms with Crippen molar-refractivity contribution < 1.29 is 39.2 Å². The fourth-order valence-electron chi connectivity index (χ4n) is 3.59. The molecular weight excluding hydrogens is 454 g/mol. The van der Waals surface area contributed by atoms with E-state index in [2.05, 4.69) is 20.3 Å². The molecule has 2 aromatic heterocycles. The topological polar surface area (TPSA) is 215 Å². The third-order valence-corrected chi connectivity index (χ3v) is 5.32. The van der Waals surface area contributed by atoms with Gasteiger partial charge in [-0.2, -0.15) is 9.97 Å². The van der Waals surface area contributed by atoms with E-state index in [9.17, 15) is 29.7 Å². The fourth-order valence-corrected chi connectivity index (χ4v) is 3.59. The van der Waals surface area contributed by atoms with E-state index >= 15 is 0 Å². The second-order valence-corrected chi connectivity index (χ2v) is 7.55. The summed E-state index contributed by atoms with van der Waals surface area (Å²) in [5.74, 6) is -1.40. The molecule has 0 radical (unpaired) electrons. The molecule has 0 saturated carbocycles. The summed E-state index contributed by atoms with van der Waals surface area (Å²) >= 11 is 0. The summed E-state index contributed by atoms with van der Waals surface area (Å²) < 4.78 is 12.4. The van der Waals surface area contributed by atoms with Crippen LogP contribution in [-0.2, 0) is 19.1 Å². The molecule has 0 unspecified atom stereocenters. The van der Waals surface area contributed by atoms with Crippen LogP contribution < -0.4 is 15.8 Å². The lowest BCUT2D eigenvalue weighted by Gasteiger charge is -2.16. The molecule has 4 rings (SSSR count). The van der Waals surface area contributed by atoms with E-state index in [1.165, 1.54) is 10.9 Å². The van der Waals surface area contributed by atoms with Gasteiger partial charge in [0.05, 0.1) is 19.5 Å². The molecule has 0 aromatic carbocycles. The number of aliphatic hydroxyl groups is 3. The van der Waals surface area contributed by atoms with E-state index in [0.717, 1.165) is 17.1 Å². The molecule has 0 aliphatic carbocycles. The highest BCUT2D eigenvalue weighted by atomic mass is 16.6. The standard InChI is InChI=1S/C19H23N7O8/c20-19-23-16-13(22-8-26(16)18-15(32)14(31)9(7-27)34-18)17(24-19)33-6-4-21-10(28)3-5-25-11(29)1-2-12(25)30/h1-2,8-9,14-15,18,27,31-32H,3-7H2,(H,21,28)(H2,20,23,24)/t9-,14-,15-,18-/m1/s1. The number of aliphatic hydroxyl groups excluding tert-OH is 3. The lowest BCUT2D eigenvalue weighted by Crippen LogP contribution is -2.35. The third kappa shape index (κ3) is 4.54. The van der Waals surface area contributed by atoms with Gasteiger partial charge in [0, 0.05) is 25.1 Å². The maximum atomic E-state index is 12.0. The maximum absolute atomic E-state index is 12.0. The monoisotopic (exact) mass is 477 g/mol. The van der Waals surface area contributed by atoms with E-state index in [1.54, 1.807) is 0 Å². The maximum Gasteiger partial charge on any atom is 0.253 e. The number of imidazole rings is 1. The predicted molar refractivity (Wildman–Crippen MR) is 112 cm³/mol. The van der Waals surface area contributed by atoms with Crippen LogP contribution in [0.4, 0.5) is 5.95 Å². The van der Waals surface area contributed by atoms with Crippen LogP contribution in [0.2, 0.25) is 0 Å². The van der Waals surface area contributed by atoms with Gasteiger partial charge in [-0.1, -0.05) is 0 Å². The average molecular weight is 477 g/mol. The van der Waals surface area contributed by atoms with Gasteiger partial charge in [0.2, 0.25) is 17.7 Å². The highest BCUT2D eigenvalue weighted by Gasteiger charge is 2.44. The van der Waals surface area contributed by atoms with Crippen LogP contribution in [-0.4, -0.2) is 102 Å². The Morgan fingerprint density at radius 2 is 1.94 bits per heavy atom. The molecule has 15 nitrogen and oxygen atoms in total. The normalized spacial score (nSPS) is 24.4. The molecule has 0 spiro atoms. The summed E-state index contributed by atoms with van der Waals surface area (Å²) in [6, 6.07) is 0. The number of imide groups is 1. The van der Waals surface area contributed by atoms with Crippen molar-refractivity contribution in [2.45, 2.75) is 31.0 Å². The van der Waals surface area contributed by atoms with Gasteiger partial charge in [-0.15, -0.1) is 0 Å². The Balaban J connectivity index is 1.34. The Bertz CT molecular complexity index is 1120. The lowest BCUT2D eigenvalue weighted by atomic mass is 10.1. The smallest absolute Gasteiger partial charge is 0.253 e. The van der Waals surface area contributed by atoms with Gasteiger partial charge in [-0.3, -0.25) is 23.9 Å². The Hall–Kier alpha value is -3.66. The summed E-state index contributed by atoms with van der Waals surface area (Å²) in [5.41, 5.74) is 6.15. The molecule has 182 valence electrons. The third-order valence-electron chi connectivity index (χ3n) is 5.32. The van der Waals surface area contributed by atoms with Gasteiger partial charge < -0.3 is 35.8 Å². The van der Waals surface area contributed by atoms with Crippen LogP contribution in [0.3, 0.4) is 0 Å². The number of carbonyl (C=O) groups is 3. The summed E-state index contributed by atoms with van der Waals surface area (Å²) in [7, 11) is 0. The zero-order valence-corrected chi connectivity index (χ0v) is 17.8. The highest BCUT2D eigenvalue weighted by Crippen LogP contribution is 2.32. The number of rotatable bonds is 9. The van der Waals surface area contributed by atoms with Crippen molar-refractivity contribution in [3.63, 3.8) is 0 Å². The van der Waals surface area contributed by atoms with Crippen molar-refractivity contribution in [3.05, 3.63) is 18.5 Å². The van der Waals surface area contributed by atoms with E-state index < -0.39 is 43.0 Å². The molecule has 0 bridgehead atoms. The first kappa shape index (κ1) is 23.5. The molecule has 2 aliphatic heterocycles. The minimum absolute atomic E-state index is 0.00113. The first-order chi connectivity index (χ1) is 16.3. The zero-order valence-electron chi connectivity index (χ0n) is 17.8. The number of nitrogen functional groups attached to an aromatic ring is 1. The average Bonchev–Trinajstić information content (AvgIpc) is 3.46. The van der Waals surface area contributed by atoms with E-state index in [4.69, 9.17) is 15.2 Å². The number of aromatic nitrogens is 4. The lowest BCUT2D eigenvalue weighted by molar-refractivity contribution is -0.137. The van der Waals surface area contributed by atoms with E-state index in [-0.39, 0.29) is 55.0 Å². The van der Waals surface area contributed by atoms with Crippen molar-refractivity contribution in [3.8, 4) is 5.88 Å². The van der Waals surface area contributed by atoms with Gasteiger partial charge in [-0.25, -0.2) is 4.98 Å². The first-order valence-electron chi connectivity index (χ1n) is 10.4. The number of anilines is 1.